The maximum atomic E-state index is 12.6. The van der Waals surface area contributed by atoms with Gasteiger partial charge in [0.05, 0.1) is 12.3 Å². The summed E-state index contributed by atoms with van der Waals surface area (Å²) in [6.07, 6.45) is -4.75. The molecule has 0 radical (unpaired) electrons. The van der Waals surface area contributed by atoms with E-state index in [1.165, 1.54) is 23.5 Å². The molecule has 0 fully saturated rings. The molecule has 0 amide bonds. The second-order valence-corrected chi connectivity index (χ2v) is 5.78. The lowest BCUT2D eigenvalue weighted by atomic mass is 10.0. The van der Waals surface area contributed by atoms with E-state index >= 15 is 0 Å². The molecule has 0 aliphatic heterocycles. The summed E-state index contributed by atoms with van der Waals surface area (Å²) in [5.41, 5.74) is 2.25. The van der Waals surface area contributed by atoms with E-state index in [9.17, 15) is 13.2 Å². The molecule has 1 aromatic heterocycles. The molecule has 0 saturated carbocycles. The van der Waals surface area contributed by atoms with Gasteiger partial charge >= 0.3 is 6.36 Å². The van der Waals surface area contributed by atoms with E-state index in [0.717, 1.165) is 5.56 Å². The largest absolute Gasteiger partial charge is 0.573 e. The van der Waals surface area contributed by atoms with Crippen molar-refractivity contribution in [3.8, 4) is 27.4 Å². The molecule has 0 saturated heterocycles. The summed E-state index contributed by atoms with van der Waals surface area (Å²) in [5.74, 6) is -0.252. The Morgan fingerprint density at radius 2 is 1.79 bits per heavy atom. The third-order valence-electron chi connectivity index (χ3n) is 3.25. The van der Waals surface area contributed by atoms with E-state index in [1.54, 1.807) is 35.7 Å². The van der Waals surface area contributed by atoms with Crippen molar-refractivity contribution in [1.29, 1.82) is 0 Å². The van der Waals surface area contributed by atoms with Gasteiger partial charge in [-0.25, -0.2) is 4.98 Å². The minimum atomic E-state index is -4.75. The zero-order valence-electron chi connectivity index (χ0n) is 12.2. The Labute approximate surface area is 140 Å². The fourth-order valence-corrected chi connectivity index (χ4v) is 3.06. The van der Waals surface area contributed by atoms with Crippen molar-refractivity contribution in [2.75, 3.05) is 0 Å². The molecule has 1 heterocycles. The van der Waals surface area contributed by atoms with Crippen molar-refractivity contribution in [2.24, 2.45) is 0 Å². The quantitative estimate of drug-likeness (QED) is 0.729. The number of hydrogen-bond donors (Lipinski definition) is 1. The normalized spacial score (nSPS) is 11.5. The molecule has 7 heteroatoms. The molecule has 3 nitrogen and oxygen atoms in total. The van der Waals surface area contributed by atoms with Gasteiger partial charge in [-0.2, -0.15) is 0 Å². The first kappa shape index (κ1) is 16.5. The number of ether oxygens (including phenoxy) is 1. The molecule has 0 aliphatic rings. The number of halogens is 3. The Morgan fingerprint density at radius 1 is 1.04 bits per heavy atom. The molecule has 0 spiro atoms. The Kier molecular flexibility index (Phi) is 4.55. The van der Waals surface area contributed by atoms with Crippen LogP contribution in [0.4, 0.5) is 13.2 Å². The van der Waals surface area contributed by atoms with Crippen LogP contribution in [0.5, 0.6) is 5.75 Å². The van der Waals surface area contributed by atoms with Crippen LogP contribution in [0.15, 0.2) is 53.9 Å². The van der Waals surface area contributed by atoms with Crippen molar-refractivity contribution in [3.05, 3.63) is 59.6 Å². The summed E-state index contributed by atoms with van der Waals surface area (Å²) < 4.78 is 41.8. The minimum Gasteiger partial charge on any atom is -0.405 e. The van der Waals surface area contributed by atoms with Gasteiger partial charge in [0.25, 0.3) is 0 Å². The van der Waals surface area contributed by atoms with Gasteiger partial charge in [-0.1, -0.05) is 36.4 Å². The molecule has 0 aliphatic carbocycles. The van der Waals surface area contributed by atoms with E-state index < -0.39 is 6.36 Å². The molecule has 1 N–H and O–H groups in total. The fourth-order valence-electron chi connectivity index (χ4n) is 2.25. The average molecular weight is 351 g/mol. The van der Waals surface area contributed by atoms with Crippen molar-refractivity contribution in [2.45, 2.75) is 13.0 Å². The lowest BCUT2D eigenvalue weighted by molar-refractivity contribution is -0.274. The molecule has 3 aromatic rings. The Hall–Kier alpha value is -2.38. The number of aliphatic hydroxyl groups excluding tert-OH is 1. The summed E-state index contributed by atoms with van der Waals surface area (Å²) in [7, 11) is 0. The third-order valence-corrected chi connectivity index (χ3v) is 4.19. The van der Waals surface area contributed by atoms with Crippen LogP contribution in [0.3, 0.4) is 0 Å². The van der Waals surface area contributed by atoms with Gasteiger partial charge in [0.1, 0.15) is 10.8 Å². The summed E-state index contributed by atoms with van der Waals surface area (Å²) in [4.78, 5) is 4.27. The molecule has 0 bridgehead atoms. The second-order valence-electron chi connectivity index (χ2n) is 4.93. The molecule has 3 rings (SSSR count). The first-order chi connectivity index (χ1) is 11.5. The highest BCUT2D eigenvalue weighted by molar-refractivity contribution is 7.13. The summed E-state index contributed by atoms with van der Waals surface area (Å²) in [6, 6.07) is 13.0. The molecule has 0 atom stereocenters. The predicted molar refractivity (Wildman–Crippen MR) is 85.6 cm³/mol. The number of aromatic nitrogens is 1. The number of rotatable bonds is 4. The topological polar surface area (TPSA) is 42.4 Å². The van der Waals surface area contributed by atoms with Crippen LogP contribution < -0.4 is 4.74 Å². The smallest absolute Gasteiger partial charge is 0.405 e. The van der Waals surface area contributed by atoms with Crippen molar-refractivity contribution >= 4 is 11.3 Å². The van der Waals surface area contributed by atoms with Gasteiger partial charge in [-0.15, -0.1) is 24.5 Å². The molecule has 2 aromatic carbocycles. The zero-order valence-corrected chi connectivity index (χ0v) is 13.1. The van der Waals surface area contributed by atoms with Crippen LogP contribution in [-0.2, 0) is 6.61 Å². The van der Waals surface area contributed by atoms with Crippen LogP contribution in [0.25, 0.3) is 21.7 Å². The fraction of sp³-hybridized carbons (Fsp3) is 0.118. The summed E-state index contributed by atoms with van der Waals surface area (Å²) in [6.45, 7) is -0.154. The van der Waals surface area contributed by atoms with Gasteiger partial charge in [0.2, 0.25) is 0 Å². The standard InChI is InChI=1S/C17H12F3NO2S/c18-17(19,20)23-15-7-2-1-6-14(15)11-4-3-5-12(8-11)16-21-13(9-22)10-24-16/h1-8,10,22H,9H2. The number of benzene rings is 2. The highest BCUT2D eigenvalue weighted by Crippen LogP contribution is 2.35. The highest BCUT2D eigenvalue weighted by Gasteiger charge is 2.32. The molecular weight excluding hydrogens is 339 g/mol. The SMILES string of the molecule is OCc1csc(-c2cccc(-c3ccccc3OC(F)(F)F)c2)n1. The Balaban J connectivity index is 2.00. The third kappa shape index (κ3) is 3.74. The number of nitrogens with zero attached hydrogens (tertiary/aromatic N) is 1. The van der Waals surface area contributed by atoms with E-state index in [-0.39, 0.29) is 12.4 Å². The number of hydrogen-bond acceptors (Lipinski definition) is 4. The summed E-state index contributed by atoms with van der Waals surface area (Å²) >= 11 is 1.36. The molecule has 0 unspecified atom stereocenters. The molecule has 24 heavy (non-hydrogen) atoms. The minimum absolute atomic E-state index is 0.154. The second kappa shape index (κ2) is 6.62. The van der Waals surface area contributed by atoms with Gasteiger partial charge in [0.15, 0.2) is 0 Å². The first-order valence-corrected chi connectivity index (χ1v) is 7.85. The van der Waals surface area contributed by atoms with E-state index in [2.05, 4.69) is 9.72 Å². The Morgan fingerprint density at radius 3 is 2.50 bits per heavy atom. The van der Waals surface area contributed by atoms with Crippen LogP contribution in [0.1, 0.15) is 5.69 Å². The van der Waals surface area contributed by atoms with Gasteiger partial charge < -0.3 is 9.84 Å². The molecule has 124 valence electrons. The number of alkyl halides is 3. The van der Waals surface area contributed by atoms with E-state index in [1.807, 2.05) is 6.07 Å². The van der Waals surface area contributed by atoms with Crippen LogP contribution in [0, 0.1) is 0 Å². The predicted octanol–water partition coefficient (Wildman–Crippen LogP) is 4.87. The number of aliphatic hydroxyl groups is 1. The van der Waals surface area contributed by atoms with Crippen molar-refractivity contribution in [3.63, 3.8) is 0 Å². The van der Waals surface area contributed by atoms with Crippen molar-refractivity contribution in [1.82, 2.24) is 4.98 Å². The van der Waals surface area contributed by atoms with Crippen LogP contribution >= 0.6 is 11.3 Å². The first-order valence-electron chi connectivity index (χ1n) is 6.97. The van der Waals surface area contributed by atoms with Gasteiger partial charge in [-0.3, -0.25) is 0 Å². The van der Waals surface area contributed by atoms with E-state index in [0.29, 0.717) is 21.8 Å². The lowest BCUT2D eigenvalue weighted by Gasteiger charge is -2.13. The van der Waals surface area contributed by atoms with Crippen LogP contribution in [0.2, 0.25) is 0 Å². The van der Waals surface area contributed by atoms with Crippen molar-refractivity contribution < 1.29 is 23.0 Å². The van der Waals surface area contributed by atoms with Crippen LogP contribution in [-0.4, -0.2) is 16.5 Å². The lowest BCUT2D eigenvalue weighted by Crippen LogP contribution is -2.17. The number of para-hydroxylation sites is 1. The maximum Gasteiger partial charge on any atom is 0.573 e. The zero-order chi connectivity index (χ0) is 17.2. The monoisotopic (exact) mass is 351 g/mol. The van der Waals surface area contributed by atoms with Gasteiger partial charge in [0, 0.05) is 16.5 Å². The Bertz CT molecular complexity index is 846. The highest BCUT2D eigenvalue weighted by atomic mass is 32.1. The number of thiazole rings is 1. The average Bonchev–Trinajstić information content (AvgIpc) is 3.03. The van der Waals surface area contributed by atoms with E-state index in [4.69, 9.17) is 5.11 Å². The molecular formula is C17H12F3NO2S. The summed E-state index contributed by atoms with van der Waals surface area (Å²) in [5, 5.41) is 11.5. The maximum absolute atomic E-state index is 12.6. The van der Waals surface area contributed by atoms with Gasteiger partial charge in [-0.05, 0) is 17.7 Å².